The Kier molecular flexibility index (Phi) is 3.60. The summed E-state index contributed by atoms with van der Waals surface area (Å²) in [6.07, 6.45) is 2.07. The fourth-order valence-corrected chi connectivity index (χ4v) is 2.44. The van der Waals surface area contributed by atoms with Crippen LogP contribution in [0.15, 0.2) is 18.2 Å². The van der Waals surface area contributed by atoms with Crippen LogP contribution in [-0.2, 0) is 9.53 Å². The van der Waals surface area contributed by atoms with Crippen LogP contribution >= 0.6 is 0 Å². The molecule has 1 fully saturated rings. The predicted molar refractivity (Wildman–Crippen MR) is 69.4 cm³/mol. The number of ether oxygens (including phenoxy) is 1. The first-order valence-electron chi connectivity index (χ1n) is 6.49. The molecule has 0 saturated heterocycles. The third-order valence-corrected chi connectivity index (χ3v) is 3.70. The minimum absolute atomic E-state index is 0.283. The third kappa shape index (κ3) is 2.66. The Hall–Kier alpha value is -1.51. The van der Waals surface area contributed by atoms with Gasteiger partial charge in [0.2, 0.25) is 0 Å². The summed E-state index contributed by atoms with van der Waals surface area (Å²) in [7, 11) is 0. The van der Waals surface area contributed by atoms with Crippen molar-refractivity contribution < 1.29 is 14.6 Å². The van der Waals surface area contributed by atoms with Crippen LogP contribution in [-0.4, -0.2) is 11.1 Å². The Morgan fingerprint density at radius 1 is 1.33 bits per heavy atom. The number of para-hydroxylation sites is 1. The van der Waals surface area contributed by atoms with Crippen LogP contribution in [0.5, 0.6) is 5.75 Å². The number of carbonyl (C=O) groups excluding carboxylic acids is 1. The SMILES string of the molecule is CC(=O)OC(C)c1cccc(C(C)C2CC2)c1O. The van der Waals surface area contributed by atoms with Crippen molar-refractivity contribution in [1.82, 2.24) is 0 Å². The van der Waals surface area contributed by atoms with Crippen molar-refractivity contribution in [2.75, 3.05) is 0 Å². The zero-order chi connectivity index (χ0) is 13.3. The molecule has 3 nitrogen and oxygen atoms in total. The molecule has 3 heteroatoms. The number of benzene rings is 1. The quantitative estimate of drug-likeness (QED) is 0.829. The van der Waals surface area contributed by atoms with Gasteiger partial charge in [0.1, 0.15) is 11.9 Å². The molecule has 98 valence electrons. The first-order chi connectivity index (χ1) is 8.50. The Morgan fingerprint density at radius 2 is 1.94 bits per heavy atom. The summed E-state index contributed by atoms with van der Waals surface area (Å²) in [6, 6.07) is 5.69. The molecule has 0 aromatic heterocycles. The lowest BCUT2D eigenvalue weighted by atomic mass is 9.92. The monoisotopic (exact) mass is 248 g/mol. The van der Waals surface area contributed by atoms with Gasteiger partial charge >= 0.3 is 5.97 Å². The van der Waals surface area contributed by atoms with Crippen LogP contribution < -0.4 is 0 Å². The van der Waals surface area contributed by atoms with Gasteiger partial charge in [-0.25, -0.2) is 0 Å². The number of aromatic hydroxyl groups is 1. The van der Waals surface area contributed by atoms with Crippen molar-refractivity contribution in [3.05, 3.63) is 29.3 Å². The minimum Gasteiger partial charge on any atom is -0.507 e. The van der Waals surface area contributed by atoms with Crippen LogP contribution in [0, 0.1) is 5.92 Å². The van der Waals surface area contributed by atoms with Crippen molar-refractivity contribution in [2.24, 2.45) is 5.92 Å². The van der Waals surface area contributed by atoms with E-state index in [1.165, 1.54) is 19.8 Å². The Bertz CT molecular complexity index is 449. The topological polar surface area (TPSA) is 46.5 Å². The second-order valence-electron chi connectivity index (χ2n) is 5.16. The van der Waals surface area contributed by atoms with Crippen molar-refractivity contribution in [2.45, 2.75) is 45.6 Å². The highest BCUT2D eigenvalue weighted by atomic mass is 16.5. The number of hydrogen-bond acceptors (Lipinski definition) is 3. The molecule has 2 rings (SSSR count). The van der Waals surface area contributed by atoms with E-state index in [0.717, 1.165) is 5.56 Å². The number of rotatable bonds is 4. The smallest absolute Gasteiger partial charge is 0.303 e. The lowest BCUT2D eigenvalue weighted by molar-refractivity contribution is -0.145. The summed E-state index contributed by atoms with van der Waals surface area (Å²) in [6.45, 7) is 5.30. The van der Waals surface area contributed by atoms with E-state index in [4.69, 9.17) is 4.74 Å². The highest BCUT2D eigenvalue weighted by molar-refractivity contribution is 5.66. The molecule has 18 heavy (non-hydrogen) atoms. The molecule has 0 spiro atoms. The summed E-state index contributed by atoms with van der Waals surface area (Å²) >= 11 is 0. The van der Waals surface area contributed by atoms with Gasteiger partial charge in [-0.1, -0.05) is 25.1 Å². The van der Waals surface area contributed by atoms with Crippen molar-refractivity contribution >= 4 is 5.97 Å². The van der Waals surface area contributed by atoms with Crippen molar-refractivity contribution in [3.63, 3.8) is 0 Å². The van der Waals surface area contributed by atoms with E-state index in [-0.39, 0.29) is 11.7 Å². The average molecular weight is 248 g/mol. The zero-order valence-corrected chi connectivity index (χ0v) is 11.1. The van der Waals surface area contributed by atoms with Crippen molar-refractivity contribution in [1.29, 1.82) is 0 Å². The summed E-state index contributed by atoms with van der Waals surface area (Å²) in [5.74, 6) is 1.01. The zero-order valence-electron chi connectivity index (χ0n) is 11.1. The van der Waals surface area contributed by atoms with Crippen molar-refractivity contribution in [3.8, 4) is 5.75 Å². The van der Waals surface area contributed by atoms with Gasteiger partial charge in [0, 0.05) is 12.5 Å². The molecule has 1 aliphatic rings. The Morgan fingerprint density at radius 3 is 2.50 bits per heavy atom. The summed E-state index contributed by atoms with van der Waals surface area (Å²) < 4.78 is 5.13. The third-order valence-electron chi connectivity index (χ3n) is 3.70. The molecule has 1 N–H and O–H groups in total. The molecular formula is C15H20O3. The van der Waals surface area contributed by atoms with E-state index in [0.29, 0.717) is 17.4 Å². The van der Waals surface area contributed by atoms with E-state index in [1.807, 2.05) is 18.2 Å². The number of hydrogen-bond donors (Lipinski definition) is 1. The summed E-state index contributed by atoms with van der Waals surface area (Å²) in [5, 5.41) is 10.3. The van der Waals surface area contributed by atoms with Crippen LogP contribution in [0.1, 0.15) is 56.8 Å². The summed E-state index contributed by atoms with van der Waals surface area (Å²) in [5.41, 5.74) is 1.66. The van der Waals surface area contributed by atoms with E-state index >= 15 is 0 Å². The molecule has 2 atom stereocenters. The van der Waals surface area contributed by atoms with Gasteiger partial charge in [-0.15, -0.1) is 0 Å². The lowest BCUT2D eigenvalue weighted by Gasteiger charge is -2.18. The molecule has 0 radical (unpaired) electrons. The predicted octanol–water partition coefficient (Wildman–Crippen LogP) is 3.53. The molecule has 1 aromatic carbocycles. The average Bonchev–Trinajstić information content (AvgIpc) is 3.11. The number of esters is 1. The normalized spacial score (nSPS) is 18.2. The molecule has 1 saturated carbocycles. The molecule has 0 heterocycles. The van der Waals surface area contributed by atoms with Gasteiger partial charge < -0.3 is 9.84 Å². The molecule has 1 aliphatic carbocycles. The minimum atomic E-state index is -0.408. The number of carbonyl (C=O) groups is 1. The number of phenolic OH excluding ortho intramolecular Hbond substituents is 1. The van der Waals surface area contributed by atoms with Gasteiger partial charge in [0.25, 0.3) is 0 Å². The fourth-order valence-electron chi connectivity index (χ4n) is 2.44. The molecule has 0 bridgehead atoms. The van der Waals surface area contributed by atoms with E-state index in [2.05, 4.69) is 6.92 Å². The van der Waals surface area contributed by atoms with Gasteiger partial charge in [-0.2, -0.15) is 0 Å². The first-order valence-corrected chi connectivity index (χ1v) is 6.49. The Balaban J connectivity index is 2.25. The standard InChI is InChI=1S/C15H20O3/c1-9(12-7-8-12)13-5-4-6-14(15(13)17)10(2)18-11(3)16/h4-6,9-10,12,17H,7-8H2,1-3H3. The largest absolute Gasteiger partial charge is 0.507 e. The molecule has 1 aromatic rings. The van der Waals surface area contributed by atoms with Gasteiger partial charge in [0.05, 0.1) is 0 Å². The van der Waals surface area contributed by atoms with Gasteiger partial charge in [-0.05, 0) is 37.2 Å². The van der Waals surface area contributed by atoms with Gasteiger partial charge in [-0.3, -0.25) is 4.79 Å². The van der Waals surface area contributed by atoms with Crippen LogP contribution in [0.25, 0.3) is 0 Å². The van der Waals surface area contributed by atoms with Crippen LogP contribution in [0.4, 0.5) is 0 Å². The lowest BCUT2D eigenvalue weighted by Crippen LogP contribution is -2.06. The second-order valence-corrected chi connectivity index (χ2v) is 5.16. The molecule has 0 aliphatic heterocycles. The first kappa shape index (κ1) is 12.9. The van der Waals surface area contributed by atoms with E-state index < -0.39 is 6.10 Å². The Labute approximate surface area is 108 Å². The van der Waals surface area contributed by atoms with Crippen LogP contribution in [0.3, 0.4) is 0 Å². The maximum Gasteiger partial charge on any atom is 0.303 e. The number of phenols is 1. The maximum absolute atomic E-state index is 11.0. The molecule has 0 amide bonds. The van der Waals surface area contributed by atoms with E-state index in [9.17, 15) is 9.90 Å². The van der Waals surface area contributed by atoms with Gasteiger partial charge in [0.15, 0.2) is 0 Å². The summed E-state index contributed by atoms with van der Waals surface area (Å²) in [4.78, 5) is 11.0. The highest BCUT2D eigenvalue weighted by Crippen LogP contribution is 2.46. The maximum atomic E-state index is 11.0. The molecule has 2 unspecified atom stereocenters. The van der Waals surface area contributed by atoms with Crippen LogP contribution in [0.2, 0.25) is 0 Å². The fraction of sp³-hybridized carbons (Fsp3) is 0.533. The second kappa shape index (κ2) is 5.01. The highest BCUT2D eigenvalue weighted by Gasteiger charge is 2.31. The molecular weight excluding hydrogens is 228 g/mol. The van der Waals surface area contributed by atoms with E-state index in [1.54, 1.807) is 6.92 Å².